The maximum absolute atomic E-state index is 5.36. The van der Waals surface area contributed by atoms with Gasteiger partial charge >= 0.3 is 0 Å². The number of hydrogen-bond acceptors (Lipinski definition) is 2. The van der Waals surface area contributed by atoms with Crippen LogP contribution in [0.3, 0.4) is 0 Å². The van der Waals surface area contributed by atoms with Crippen molar-refractivity contribution in [1.29, 1.82) is 0 Å². The van der Waals surface area contributed by atoms with Crippen LogP contribution in [0, 0.1) is 18.3 Å². The summed E-state index contributed by atoms with van der Waals surface area (Å²) in [6.07, 6.45) is 8.70. The molecule has 2 aromatic heterocycles. The molecule has 15 heavy (non-hydrogen) atoms. The first-order valence-electron chi connectivity index (χ1n) is 5.11. The Hall–Kier alpha value is -1.82. The smallest absolute Gasteiger partial charge is 0.212 e. The fourth-order valence-electron chi connectivity index (χ4n) is 2.01. The lowest BCUT2D eigenvalue weighted by atomic mass is 10.1. The van der Waals surface area contributed by atoms with Crippen molar-refractivity contribution in [3.63, 3.8) is 0 Å². The molecule has 74 valence electrons. The van der Waals surface area contributed by atoms with E-state index in [9.17, 15) is 0 Å². The average molecular weight is 197 g/mol. The Morgan fingerprint density at radius 2 is 2.27 bits per heavy atom. The first-order valence-corrected chi connectivity index (χ1v) is 5.11. The molecule has 0 N–H and O–H groups in total. The molecule has 0 saturated heterocycles. The zero-order chi connectivity index (χ0) is 10.4. The number of terminal acetylenes is 1. The highest BCUT2D eigenvalue weighted by molar-refractivity contribution is 5.43. The Kier molecular flexibility index (Phi) is 1.60. The molecule has 0 bridgehead atoms. The molecule has 0 spiro atoms. The molecule has 2 atom stereocenters. The summed E-state index contributed by atoms with van der Waals surface area (Å²) in [6.45, 7) is 2.27. The molecule has 1 aliphatic rings. The molecule has 3 rings (SSSR count). The Morgan fingerprint density at radius 1 is 1.47 bits per heavy atom. The normalized spacial score (nSPS) is 24.0. The predicted molar refractivity (Wildman–Crippen MR) is 57.4 cm³/mol. The molecule has 0 radical (unpaired) electrons. The molecule has 3 heteroatoms. The quantitative estimate of drug-likeness (QED) is 0.653. The second-order valence-corrected chi connectivity index (χ2v) is 4.18. The van der Waals surface area contributed by atoms with E-state index < -0.39 is 0 Å². The molecular weight excluding hydrogens is 186 g/mol. The van der Waals surface area contributed by atoms with E-state index in [1.54, 1.807) is 0 Å². The van der Waals surface area contributed by atoms with Crippen LogP contribution in [0.2, 0.25) is 0 Å². The lowest BCUT2D eigenvalue weighted by Crippen LogP contribution is -1.92. The van der Waals surface area contributed by atoms with E-state index in [0.717, 1.165) is 11.6 Å². The number of nitrogens with zero attached hydrogens (tertiary/aromatic N) is 3. The highest BCUT2D eigenvalue weighted by atomic mass is 15.2. The minimum Gasteiger partial charge on any atom is -0.275 e. The van der Waals surface area contributed by atoms with Gasteiger partial charge in [0.1, 0.15) is 0 Å². The summed E-state index contributed by atoms with van der Waals surface area (Å²) in [5.41, 5.74) is 2.16. The topological polar surface area (TPSA) is 30.2 Å². The molecule has 3 nitrogen and oxygen atoms in total. The Balaban J connectivity index is 2.16. The number of pyridine rings is 1. The van der Waals surface area contributed by atoms with Gasteiger partial charge in [-0.05, 0) is 35.8 Å². The fourth-order valence-corrected chi connectivity index (χ4v) is 2.01. The molecule has 0 aliphatic heterocycles. The monoisotopic (exact) mass is 197 g/mol. The summed E-state index contributed by atoms with van der Waals surface area (Å²) in [5.74, 6) is 4.62. The van der Waals surface area contributed by atoms with E-state index in [1.807, 2.05) is 10.5 Å². The second kappa shape index (κ2) is 2.83. The van der Waals surface area contributed by atoms with E-state index >= 15 is 0 Å². The third-order valence-corrected chi connectivity index (χ3v) is 3.09. The van der Waals surface area contributed by atoms with Crippen LogP contribution in [0.15, 0.2) is 18.3 Å². The van der Waals surface area contributed by atoms with E-state index in [-0.39, 0.29) is 0 Å². The lowest BCUT2D eigenvalue weighted by Gasteiger charge is -2.00. The molecule has 2 aromatic rings. The molecule has 0 amide bonds. The first-order chi connectivity index (χ1) is 7.29. The molecule has 1 aliphatic carbocycles. The highest BCUT2D eigenvalue weighted by Crippen LogP contribution is 2.46. The number of fused-ring (bicyclic) bond motifs is 1. The minimum absolute atomic E-state index is 0.583. The van der Waals surface area contributed by atoms with Crippen molar-refractivity contribution in [2.24, 2.45) is 5.92 Å². The van der Waals surface area contributed by atoms with Crippen LogP contribution in [0.25, 0.3) is 5.65 Å². The number of aromatic nitrogens is 3. The van der Waals surface area contributed by atoms with E-state index in [4.69, 9.17) is 6.42 Å². The molecular formula is C12H11N3. The van der Waals surface area contributed by atoms with Gasteiger partial charge in [0, 0.05) is 6.20 Å². The van der Waals surface area contributed by atoms with E-state index in [1.165, 1.54) is 12.0 Å². The zero-order valence-corrected chi connectivity index (χ0v) is 8.51. The van der Waals surface area contributed by atoms with Gasteiger partial charge in [-0.15, -0.1) is 16.6 Å². The second-order valence-electron chi connectivity index (χ2n) is 4.18. The molecule has 2 unspecified atom stereocenters. The van der Waals surface area contributed by atoms with Gasteiger partial charge in [-0.3, -0.25) is 4.40 Å². The third-order valence-electron chi connectivity index (χ3n) is 3.09. The molecule has 0 aromatic carbocycles. The van der Waals surface area contributed by atoms with Crippen molar-refractivity contribution in [2.45, 2.75) is 19.3 Å². The van der Waals surface area contributed by atoms with Crippen LogP contribution < -0.4 is 0 Å². The number of hydrogen-bond donors (Lipinski definition) is 0. The van der Waals surface area contributed by atoms with Crippen LogP contribution in [0.5, 0.6) is 0 Å². The van der Waals surface area contributed by atoms with Crippen LogP contribution in [-0.2, 0) is 0 Å². The maximum atomic E-state index is 5.36. The van der Waals surface area contributed by atoms with Crippen molar-refractivity contribution < 1.29 is 0 Å². The predicted octanol–water partition coefficient (Wildman–Crippen LogP) is 1.83. The Morgan fingerprint density at radius 3 is 2.93 bits per heavy atom. The van der Waals surface area contributed by atoms with Crippen molar-refractivity contribution in [3.8, 4) is 12.3 Å². The van der Waals surface area contributed by atoms with Crippen molar-refractivity contribution >= 4 is 5.65 Å². The Bertz CT molecular complexity index is 562. The van der Waals surface area contributed by atoms with Gasteiger partial charge in [0.05, 0.1) is 0 Å². The van der Waals surface area contributed by atoms with Gasteiger partial charge in [0.2, 0.25) is 5.82 Å². The van der Waals surface area contributed by atoms with Crippen molar-refractivity contribution in [1.82, 2.24) is 14.6 Å². The van der Waals surface area contributed by atoms with Gasteiger partial charge in [-0.25, -0.2) is 0 Å². The van der Waals surface area contributed by atoms with Crippen molar-refractivity contribution in [3.05, 3.63) is 29.7 Å². The maximum Gasteiger partial charge on any atom is 0.212 e. The SMILES string of the molecule is C#Cc1nnc2ccc(C3CC3C)cn12. The number of rotatable bonds is 1. The van der Waals surface area contributed by atoms with Crippen LogP contribution in [-0.4, -0.2) is 14.6 Å². The minimum atomic E-state index is 0.583. The summed E-state index contributed by atoms with van der Waals surface area (Å²) >= 11 is 0. The van der Waals surface area contributed by atoms with E-state index in [2.05, 4.69) is 35.3 Å². The van der Waals surface area contributed by atoms with E-state index in [0.29, 0.717) is 11.7 Å². The molecule has 1 fully saturated rings. The summed E-state index contributed by atoms with van der Waals surface area (Å²) in [7, 11) is 0. The van der Waals surface area contributed by atoms with Crippen molar-refractivity contribution in [2.75, 3.05) is 0 Å². The molecule has 1 saturated carbocycles. The fraction of sp³-hybridized carbons (Fsp3) is 0.333. The molecule has 2 heterocycles. The summed E-state index contributed by atoms with van der Waals surface area (Å²) < 4.78 is 1.89. The van der Waals surface area contributed by atoms with Gasteiger partial charge in [-0.2, -0.15) is 0 Å². The Labute approximate surface area is 88.1 Å². The summed E-state index contributed by atoms with van der Waals surface area (Å²) in [4.78, 5) is 0. The largest absolute Gasteiger partial charge is 0.275 e. The van der Waals surface area contributed by atoms with Gasteiger partial charge in [0.15, 0.2) is 5.65 Å². The average Bonchev–Trinajstić information content (AvgIpc) is 2.85. The van der Waals surface area contributed by atoms with Crippen LogP contribution in [0.1, 0.15) is 30.7 Å². The van der Waals surface area contributed by atoms with Crippen LogP contribution >= 0.6 is 0 Å². The lowest BCUT2D eigenvalue weighted by molar-refractivity contribution is 0.904. The van der Waals surface area contributed by atoms with Gasteiger partial charge < -0.3 is 0 Å². The standard InChI is InChI=1S/C12H11N3/c1-3-11-13-14-12-5-4-9(7-15(11)12)10-6-8(10)2/h1,4-5,7-8,10H,6H2,2H3. The third kappa shape index (κ3) is 1.22. The van der Waals surface area contributed by atoms with Gasteiger partial charge in [0.25, 0.3) is 0 Å². The van der Waals surface area contributed by atoms with Crippen LogP contribution in [0.4, 0.5) is 0 Å². The summed E-state index contributed by atoms with van der Waals surface area (Å²) in [6, 6.07) is 4.10. The highest BCUT2D eigenvalue weighted by Gasteiger charge is 2.34. The van der Waals surface area contributed by atoms with Gasteiger partial charge in [-0.1, -0.05) is 13.0 Å². The zero-order valence-electron chi connectivity index (χ0n) is 8.51. The summed E-state index contributed by atoms with van der Waals surface area (Å²) in [5, 5.41) is 7.93. The first kappa shape index (κ1) is 8.49.